The van der Waals surface area contributed by atoms with Crippen LogP contribution in [0.2, 0.25) is 0 Å². The second-order valence-corrected chi connectivity index (χ2v) is 4.72. The van der Waals surface area contributed by atoms with Gasteiger partial charge in [-0.25, -0.2) is 4.39 Å². The standard InChI is InChI=1S/C16H13FO/c1-16(18)14-5-3-2-4-11(14)6-7-12-8-9-13(17)10-15(12)16/h2-10,18H,1H3/t16-/m1/s1. The predicted octanol–water partition coefficient (Wildman–Crippen LogP) is 3.57. The van der Waals surface area contributed by atoms with Gasteiger partial charge in [0.1, 0.15) is 11.4 Å². The van der Waals surface area contributed by atoms with Gasteiger partial charge in [0.25, 0.3) is 0 Å². The number of fused-ring (bicyclic) bond motifs is 2. The Bertz CT molecular complexity index is 641. The summed E-state index contributed by atoms with van der Waals surface area (Å²) >= 11 is 0. The first-order chi connectivity index (χ1) is 8.59. The molecule has 1 aliphatic rings. The Hall–Kier alpha value is -1.93. The SMILES string of the molecule is C[C@@]1(O)c2ccccc2C=Cc2ccc(F)cc21. The molecule has 2 aromatic carbocycles. The Morgan fingerprint density at radius 3 is 2.39 bits per heavy atom. The Morgan fingerprint density at radius 1 is 0.944 bits per heavy atom. The van der Waals surface area contributed by atoms with Crippen LogP contribution >= 0.6 is 0 Å². The molecule has 0 radical (unpaired) electrons. The number of benzene rings is 2. The van der Waals surface area contributed by atoms with Gasteiger partial charge in [0, 0.05) is 0 Å². The lowest BCUT2D eigenvalue weighted by Gasteiger charge is -2.26. The first kappa shape index (κ1) is 11.2. The summed E-state index contributed by atoms with van der Waals surface area (Å²) in [6.45, 7) is 1.71. The van der Waals surface area contributed by atoms with Gasteiger partial charge in [0.05, 0.1) is 0 Å². The van der Waals surface area contributed by atoms with Crippen molar-refractivity contribution >= 4 is 12.2 Å². The van der Waals surface area contributed by atoms with E-state index in [1.165, 1.54) is 12.1 Å². The molecule has 2 heteroatoms. The molecule has 0 aromatic heterocycles. The van der Waals surface area contributed by atoms with Crippen molar-refractivity contribution in [2.75, 3.05) is 0 Å². The normalized spacial score (nSPS) is 21.1. The van der Waals surface area contributed by atoms with E-state index in [1.807, 2.05) is 36.4 Å². The zero-order valence-electron chi connectivity index (χ0n) is 10.0. The maximum atomic E-state index is 13.4. The van der Waals surface area contributed by atoms with Gasteiger partial charge in [-0.15, -0.1) is 0 Å². The molecule has 0 bridgehead atoms. The Kier molecular flexibility index (Phi) is 2.35. The number of aliphatic hydroxyl groups is 1. The quantitative estimate of drug-likeness (QED) is 0.746. The summed E-state index contributed by atoms with van der Waals surface area (Å²) in [5.41, 5.74) is 2.02. The summed E-state index contributed by atoms with van der Waals surface area (Å²) in [5, 5.41) is 10.8. The molecule has 18 heavy (non-hydrogen) atoms. The predicted molar refractivity (Wildman–Crippen MR) is 70.4 cm³/mol. The van der Waals surface area contributed by atoms with Gasteiger partial charge in [0.15, 0.2) is 0 Å². The van der Waals surface area contributed by atoms with E-state index in [-0.39, 0.29) is 5.82 Å². The summed E-state index contributed by atoms with van der Waals surface area (Å²) in [5.74, 6) is -0.332. The highest BCUT2D eigenvalue weighted by Gasteiger charge is 2.31. The monoisotopic (exact) mass is 240 g/mol. The van der Waals surface area contributed by atoms with Crippen molar-refractivity contribution < 1.29 is 9.50 Å². The minimum atomic E-state index is -1.18. The van der Waals surface area contributed by atoms with Gasteiger partial charge in [0.2, 0.25) is 0 Å². The minimum absolute atomic E-state index is 0.332. The average Bonchev–Trinajstić information content (AvgIpc) is 2.47. The van der Waals surface area contributed by atoms with E-state index in [0.717, 1.165) is 16.7 Å². The number of hydrogen-bond acceptors (Lipinski definition) is 1. The van der Waals surface area contributed by atoms with E-state index >= 15 is 0 Å². The van der Waals surface area contributed by atoms with E-state index < -0.39 is 5.60 Å². The van der Waals surface area contributed by atoms with Gasteiger partial charge >= 0.3 is 0 Å². The highest BCUT2D eigenvalue weighted by molar-refractivity contribution is 5.77. The molecule has 0 saturated heterocycles. The first-order valence-corrected chi connectivity index (χ1v) is 5.89. The van der Waals surface area contributed by atoms with Crippen molar-refractivity contribution in [2.24, 2.45) is 0 Å². The Morgan fingerprint density at radius 2 is 1.61 bits per heavy atom. The third-order valence-corrected chi connectivity index (χ3v) is 3.47. The second-order valence-electron chi connectivity index (χ2n) is 4.72. The van der Waals surface area contributed by atoms with Crippen LogP contribution in [0.25, 0.3) is 12.2 Å². The van der Waals surface area contributed by atoms with Crippen molar-refractivity contribution in [3.63, 3.8) is 0 Å². The van der Waals surface area contributed by atoms with E-state index in [9.17, 15) is 9.50 Å². The van der Waals surface area contributed by atoms with Gasteiger partial charge in [-0.3, -0.25) is 0 Å². The minimum Gasteiger partial charge on any atom is -0.381 e. The van der Waals surface area contributed by atoms with Crippen LogP contribution in [0.1, 0.15) is 29.2 Å². The molecule has 0 spiro atoms. The van der Waals surface area contributed by atoms with Crippen LogP contribution in [0.15, 0.2) is 42.5 Å². The molecule has 3 rings (SSSR count). The molecule has 2 aromatic rings. The maximum absolute atomic E-state index is 13.4. The lowest BCUT2D eigenvalue weighted by Crippen LogP contribution is -2.24. The van der Waals surface area contributed by atoms with Gasteiger partial charge in [-0.2, -0.15) is 0 Å². The summed E-state index contributed by atoms with van der Waals surface area (Å²) < 4.78 is 13.4. The first-order valence-electron chi connectivity index (χ1n) is 5.89. The third-order valence-electron chi connectivity index (χ3n) is 3.47. The van der Waals surface area contributed by atoms with Crippen LogP contribution in [-0.2, 0) is 5.60 Å². The van der Waals surface area contributed by atoms with E-state index in [2.05, 4.69) is 0 Å². The van der Waals surface area contributed by atoms with Crippen molar-refractivity contribution in [2.45, 2.75) is 12.5 Å². The van der Waals surface area contributed by atoms with Crippen molar-refractivity contribution in [1.82, 2.24) is 0 Å². The second kappa shape index (κ2) is 3.79. The van der Waals surface area contributed by atoms with Crippen LogP contribution in [0.3, 0.4) is 0 Å². The molecule has 1 nitrogen and oxygen atoms in total. The fourth-order valence-electron chi connectivity index (χ4n) is 2.51. The number of rotatable bonds is 0. The molecular weight excluding hydrogens is 227 g/mol. The number of halogens is 1. The van der Waals surface area contributed by atoms with Crippen LogP contribution in [0.4, 0.5) is 4.39 Å². The molecule has 0 fully saturated rings. The van der Waals surface area contributed by atoms with Crippen molar-refractivity contribution in [3.05, 3.63) is 70.5 Å². The Balaban J connectivity index is 2.34. The molecule has 1 atom stereocenters. The van der Waals surface area contributed by atoms with Crippen LogP contribution in [-0.4, -0.2) is 5.11 Å². The summed E-state index contributed by atoms with van der Waals surface area (Å²) in [6.07, 6.45) is 3.86. The molecule has 0 unspecified atom stereocenters. The molecule has 0 aliphatic heterocycles. The molecule has 0 heterocycles. The molecule has 0 amide bonds. The maximum Gasteiger partial charge on any atom is 0.123 e. The topological polar surface area (TPSA) is 20.2 Å². The van der Waals surface area contributed by atoms with E-state index in [4.69, 9.17) is 0 Å². The van der Waals surface area contributed by atoms with Gasteiger partial charge < -0.3 is 5.11 Å². The number of hydrogen-bond donors (Lipinski definition) is 1. The largest absolute Gasteiger partial charge is 0.381 e. The lowest BCUT2D eigenvalue weighted by atomic mass is 9.85. The van der Waals surface area contributed by atoms with Crippen LogP contribution in [0.5, 0.6) is 0 Å². The Labute approximate surface area is 105 Å². The van der Waals surface area contributed by atoms with Gasteiger partial charge in [-0.05, 0) is 41.3 Å². The highest BCUT2D eigenvalue weighted by Crippen LogP contribution is 2.37. The van der Waals surface area contributed by atoms with Gasteiger partial charge in [-0.1, -0.05) is 42.5 Å². The zero-order valence-corrected chi connectivity index (χ0v) is 10.0. The van der Waals surface area contributed by atoms with Crippen LogP contribution < -0.4 is 0 Å². The molecule has 0 saturated carbocycles. The third kappa shape index (κ3) is 1.57. The summed E-state index contributed by atoms with van der Waals surface area (Å²) in [4.78, 5) is 0. The molecular formula is C16H13FO. The lowest BCUT2D eigenvalue weighted by molar-refractivity contribution is 0.102. The smallest absolute Gasteiger partial charge is 0.123 e. The van der Waals surface area contributed by atoms with E-state index in [1.54, 1.807) is 13.0 Å². The molecule has 90 valence electrons. The summed E-state index contributed by atoms with van der Waals surface area (Å²) in [6, 6.07) is 12.1. The molecule has 1 N–H and O–H groups in total. The van der Waals surface area contributed by atoms with Crippen molar-refractivity contribution in [1.29, 1.82) is 0 Å². The van der Waals surface area contributed by atoms with Crippen LogP contribution in [0, 0.1) is 5.82 Å². The molecule has 1 aliphatic carbocycles. The highest BCUT2D eigenvalue weighted by atomic mass is 19.1. The fraction of sp³-hybridized carbons (Fsp3) is 0.125. The average molecular weight is 240 g/mol. The van der Waals surface area contributed by atoms with Crippen molar-refractivity contribution in [3.8, 4) is 0 Å². The zero-order chi connectivity index (χ0) is 12.8. The fourth-order valence-corrected chi connectivity index (χ4v) is 2.51. The van der Waals surface area contributed by atoms with E-state index in [0.29, 0.717) is 5.56 Å². The summed E-state index contributed by atoms with van der Waals surface area (Å²) in [7, 11) is 0.